The normalized spacial score (nSPS) is 19.3. The monoisotopic (exact) mass is 391 g/mol. The maximum atomic E-state index is 12.2. The highest BCUT2D eigenvalue weighted by atomic mass is 16.5. The summed E-state index contributed by atoms with van der Waals surface area (Å²) in [5, 5.41) is 12.0. The Balaban J connectivity index is 1.54. The molecule has 1 saturated heterocycles. The number of para-hydroxylation sites is 1. The summed E-state index contributed by atoms with van der Waals surface area (Å²) in [4.78, 5) is 14.8. The van der Waals surface area contributed by atoms with Crippen molar-refractivity contribution >= 4 is 5.91 Å². The molecule has 29 heavy (non-hydrogen) atoms. The summed E-state index contributed by atoms with van der Waals surface area (Å²) >= 11 is 0. The number of nitrogens with one attached hydrogen (secondary N) is 1. The van der Waals surface area contributed by atoms with Gasteiger partial charge in [-0.3, -0.25) is 9.69 Å². The molecule has 2 aromatic carbocycles. The number of benzene rings is 2. The number of hydrogen-bond donors (Lipinski definition) is 1. The third-order valence-electron chi connectivity index (χ3n) is 5.30. The lowest BCUT2D eigenvalue weighted by atomic mass is 9.91. The molecule has 0 bridgehead atoms. The molecular weight excluding hydrogens is 362 g/mol. The SMILES string of the molecule is CC1CC(C)CN(Cc2ccccc2CNC(=O)COc2ccccc2C#N)C1. The molecule has 0 aromatic heterocycles. The minimum Gasteiger partial charge on any atom is -0.482 e. The Morgan fingerprint density at radius 1 is 1.10 bits per heavy atom. The fourth-order valence-corrected chi connectivity index (χ4v) is 4.12. The van der Waals surface area contributed by atoms with Crippen molar-refractivity contribution in [3.8, 4) is 11.8 Å². The van der Waals surface area contributed by atoms with E-state index in [1.165, 1.54) is 12.0 Å². The van der Waals surface area contributed by atoms with Crippen LogP contribution in [-0.4, -0.2) is 30.5 Å². The smallest absolute Gasteiger partial charge is 0.258 e. The second-order valence-corrected chi connectivity index (χ2v) is 8.08. The Morgan fingerprint density at radius 2 is 1.76 bits per heavy atom. The Morgan fingerprint density at radius 3 is 2.48 bits per heavy atom. The van der Waals surface area contributed by atoms with E-state index in [1.54, 1.807) is 24.3 Å². The lowest BCUT2D eigenvalue weighted by Gasteiger charge is -2.35. The van der Waals surface area contributed by atoms with Gasteiger partial charge < -0.3 is 10.1 Å². The van der Waals surface area contributed by atoms with Gasteiger partial charge in [0.2, 0.25) is 0 Å². The van der Waals surface area contributed by atoms with Crippen molar-refractivity contribution in [1.29, 1.82) is 5.26 Å². The minimum atomic E-state index is -0.201. The van der Waals surface area contributed by atoms with Crippen LogP contribution in [0.15, 0.2) is 48.5 Å². The molecule has 3 rings (SSSR count). The predicted molar refractivity (Wildman–Crippen MR) is 113 cm³/mol. The Kier molecular flexibility index (Phi) is 7.26. The van der Waals surface area contributed by atoms with Gasteiger partial charge in [0.15, 0.2) is 6.61 Å². The predicted octanol–water partition coefficient (Wildman–Crippen LogP) is 3.73. The molecular formula is C24H29N3O2. The molecule has 2 aromatic rings. The summed E-state index contributed by atoms with van der Waals surface area (Å²) in [6, 6.07) is 17.3. The second kappa shape index (κ2) is 10.1. The van der Waals surface area contributed by atoms with Gasteiger partial charge >= 0.3 is 0 Å². The minimum absolute atomic E-state index is 0.109. The van der Waals surface area contributed by atoms with Gasteiger partial charge in [-0.15, -0.1) is 0 Å². The third kappa shape index (κ3) is 6.07. The van der Waals surface area contributed by atoms with Gasteiger partial charge in [-0.1, -0.05) is 50.2 Å². The number of piperidine rings is 1. The molecule has 1 aliphatic heterocycles. The van der Waals surface area contributed by atoms with Crippen molar-refractivity contribution in [1.82, 2.24) is 10.2 Å². The van der Waals surface area contributed by atoms with E-state index in [1.807, 2.05) is 6.07 Å². The molecule has 5 nitrogen and oxygen atoms in total. The number of nitriles is 1. The Labute approximate surface area is 173 Å². The van der Waals surface area contributed by atoms with Crippen LogP contribution < -0.4 is 10.1 Å². The van der Waals surface area contributed by atoms with E-state index in [0.29, 0.717) is 17.9 Å². The number of hydrogen-bond acceptors (Lipinski definition) is 4. The summed E-state index contributed by atoms with van der Waals surface area (Å²) in [5.41, 5.74) is 2.81. The van der Waals surface area contributed by atoms with Crippen molar-refractivity contribution in [3.05, 3.63) is 65.2 Å². The standard InChI is InChI=1S/C24H29N3O2/c1-18-11-19(2)15-27(14-18)16-22-9-4-3-8-21(22)13-26-24(28)17-29-23-10-6-5-7-20(23)12-25/h3-10,18-19H,11,13-17H2,1-2H3,(H,26,28). The summed E-state index contributed by atoms with van der Waals surface area (Å²) in [6.07, 6.45) is 1.29. The van der Waals surface area contributed by atoms with E-state index in [0.717, 1.165) is 37.0 Å². The van der Waals surface area contributed by atoms with Gasteiger partial charge in [0, 0.05) is 26.2 Å². The zero-order valence-corrected chi connectivity index (χ0v) is 17.2. The highest BCUT2D eigenvalue weighted by Gasteiger charge is 2.22. The van der Waals surface area contributed by atoms with Crippen LogP contribution in [0.1, 0.15) is 37.0 Å². The first-order chi connectivity index (χ1) is 14.0. The molecule has 152 valence electrons. The fraction of sp³-hybridized carbons (Fsp3) is 0.417. The molecule has 0 radical (unpaired) electrons. The molecule has 2 atom stereocenters. The molecule has 0 spiro atoms. The lowest BCUT2D eigenvalue weighted by Crippen LogP contribution is -2.38. The van der Waals surface area contributed by atoms with E-state index < -0.39 is 0 Å². The maximum absolute atomic E-state index is 12.2. The zero-order valence-electron chi connectivity index (χ0n) is 17.2. The average Bonchev–Trinajstić information content (AvgIpc) is 2.71. The molecule has 1 aliphatic rings. The Hall–Kier alpha value is -2.84. The molecule has 0 aliphatic carbocycles. The molecule has 1 N–H and O–H groups in total. The van der Waals surface area contributed by atoms with Crippen LogP contribution in [0.3, 0.4) is 0 Å². The van der Waals surface area contributed by atoms with Crippen molar-refractivity contribution in [2.45, 2.75) is 33.4 Å². The molecule has 1 amide bonds. The van der Waals surface area contributed by atoms with Crippen LogP contribution in [0.4, 0.5) is 0 Å². The quantitative estimate of drug-likeness (QED) is 0.781. The summed E-state index contributed by atoms with van der Waals surface area (Å²) in [5.74, 6) is 1.67. The van der Waals surface area contributed by atoms with Crippen molar-refractivity contribution in [2.24, 2.45) is 11.8 Å². The largest absolute Gasteiger partial charge is 0.482 e. The molecule has 5 heteroatoms. The van der Waals surface area contributed by atoms with Gasteiger partial charge in [-0.05, 0) is 41.5 Å². The number of rotatable bonds is 7. The van der Waals surface area contributed by atoms with E-state index in [9.17, 15) is 4.79 Å². The Bertz CT molecular complexity index is 864. The number of nitrogens with zero attached hydrogens (tertiary/aromatic N) is 2. The van der Waals surface area contributed by atoms with Crippen LogP contribution in [-0.2, 0) is 17.9 Å². The van der Waals surface area contributed by atoms with Crippen LogP contribution >= 0.6 is 0 Å². The van der Waals surface area contributed by atoms with Crippen LogP contribution in [0.5, 0.6) is 5.75 Å². The first kappa shape index (κ1) is 20.9. The highest BCUT2D eigenvalue weighted by Crippen LogP contribution is 2.23. The highest BCUT2D eigenvalue weighted by molar-refractivity contribution is 5.77. The number of ether oxygens (including phenoxy) is 1. The lowest BCUT2D eigenvalue weighted by molar-refractivity contribution is -0.123. The summed E-state index contributed by atoms with van der Waals surface area (Å²) in [6.45, 7) is 8.15. The van der Waals surface area contributed by atoms with Crippen LogP contribution in [0, 0.1) is 23.2 Å². The number of likely N-dealkylation sites (tertiary alicyclic amines) is 1. The third-order valence-corrected chi connectivity index (χ3v) is 5.30. The van der Waals surface area contributed by atoms with Crippen molar-refractivity contribution in [3.63, 3.8) is 0 Å². The molecule has 1 heterocycles. The number of carbonyl (C=O) groups is 1. The maximum Gasteiger partial charge on any atom is 0.258 e. The van der Waals surface area contributed by atoms with Crippen LogP contribution in [0.25, 0.3) is 0 Å². The topological polar surface area (TPSA) is 65.4 Å². The van der Waals surface area contributed by atoms with Crippen molar-refractivity contribution < 1.29 is 9.53 Å². The first-order valence-corrected chi connectivity index (χ1v) is 10.2. The van der Waals surface area contributed by atoms with Gasteiger partial charge in [0.05, 0.1) is 5.56 Å². The van der Waals surface area contributed by atoms with Gasteiger partial charge in [-0.2, -0.15) is 5.26 Å². The first-order valence-electron chi connectivity index (χ1n) is 10.2. The van der Waals surface area contributed by atoms with E-state index in [-0.39, 0.29) is 12.5 Å². The zero-order chi connectivity index (χ0) is 20.6. The van der Waals surface area contributed by atoms with Gasteiger partial charge in [0.25, 0.3) is 5.91 Å². The second-order valence-electron chi connectivity index (χ2n) is 8.08. The average molecular weight is 392 g/mol. The van der Waals surface area contributed by atoms with Gasteiger partial charge in [0.1, 0.15) is 11.8 Å². The van der Waals surface area contributed by atoms with E-state index >= 15 is 0 Å². The molecule has 2 unspecified atom stereocenters. The number of amides is 1. The fourth-order valence-electron chi connectivity index (χ4n) is 4.12. The van der Waals surface area contributed by atoms with E-state index in [2.05, 4.69) is 48.3 Å². The summed E-state index contributed by atoms with van der Waals surface area (Å²) in [7, 11) is 0. The molecule has 1 fully saturated rings. The summed E-state index contributed by atoms with van der Waals surface area (Å²) < 4.78 is 5.51. The van der Waals surface area contributed by atoms with Crippen molar-refractivity contribution in [2.75, 3.05) is 19.7 Å². The van der Waals surface area contributed by atoms with Gasteiger partial charge in [-0.25, -0.2) is 0 Å². The number of carbonyl (C=O) groups excluding carboxylic acids is 1. The molecule has 0 saturated carbocycles. The van der Waals surface area contributed by atoms with Crippen LogP contribution in [0.2, 0.25) is 0 Å². The van der Waals surface area contributed by atoms with E-state index in [4.69, 9.17) is 10.00 Å².